The van der Waals surface area contributed by atoms with Crippen molar-refractivity contribution in [2.24, 2.45) is 0 Å². The minimum atomic E-state index is 0.223. The molecular formula is C21H21N3O4. The summed E-state index contributed by atoms with van der Waals surface area (Å²) in [6, 6.07) is 7.82. The van der Waals surface area contributed by atoms with Gasteiger partial charge in [-0.2, -0.15) is 0 Å². The first-order valence-electron chi connectivity index (χ1n) is 8.73. The molecule has 1 aliphatic carbocycles. The molecule has 1 aliphatic rings. The van der Waals surface area contributed by atoms with Gasteiger partial charge in [0, 0.05) is 29.3 Å². The smallest absolute Gasteiger partial charge is 0.220 e. The van der Waals surface area contributed by atoms with Crippen LogP contribution in [0.1, 0.15) is 11.1 Å². The molecule has 4 rings (SSSR count). The Balaban J connectivity index is 2.13. The quantitative estimate of drug-likeness (QED) is 0.582. The second-order valence-electron chi connectivity index (χ2n) is 6.37. The van der Waals surface area contributed by atoms with Crippen LogP contribution in [0.4, 0.5) is 5.95 Å². The lowest BCUT2D eigenvalue weighted by molar-refractivity contribution is 0.325. The minimum Gasteiger partial charge on any atom is -0.497 e. The van der Waals surface area contributed by atoms with Gasteiger partial charge in [-0.25, -0.2) is 9.97 Å². The molecule has 2 N–H and O–H groups in total. The molecule has 0 saturated carbocycles. The van der Waals surface area contributed by atoms with E-state index in [9.17, 15) is 0 Å². The Bertz CT molecular complexity index is 1070. The zero-order chi connectivity index (χ0) is 19.8. The Hall–Kier alpha value is -3.48. The highest BCUT2D eigenvalue weighted by Crippen LogP contribution is 2.51. The summed E-state index contributed by atoms with van der Waals surface area (Å²) in [7, 11) is 6.46. The Labute approximate surface area is 163 Å². The molecule has 0 unspecified atom stereocenters. The van der Waals surface area contributed by atoms with Gasteiger partial charge in [0.15, 0.2) is 11.5 Å². The van der Waals surface area contributed by atoms with Crippen LogP contribution in [0.5, 0.6) is 23.0 Å². The van der Waals surface area contributed by atoms with Crippen molar-refractivity contribution in [2.75, 3.05) is 34.2 Å². The van der Waals surface area contributed by atoms with Gasteiger partial charge in [-0.15, -0.1) is 0 Å². The zero-order valence-electron chi connectivity index (χ0n) is 16.2. The predicted molar refractivity (Wildman–Crippen MR) is 106 cm³/mol. The van der Waals surface area contributed by atoms with E-state index < -0.39 is 0 Å². The standard InChI is InChI=1S/C21H21N3O4/c1-25-13-5-6-14-15(9-13)18-12(10-23-21(22)24-18)7-11-8-16(26-2)19(27-3)20(28-4)17(11)14/h5-6,8-10H,7H2,1-4H3,(H2,22,23,24). The van der Waals surface area contributed by atoms with Crippen LogP contribution in [0.3, 0.4) is 0 Å². The number of nitrogens with zero attached hydrogens (tertiary/aromatic N) is 2. The number of hydrogen-bond donors (Lipinski definition) is 1. The van der Waals surface area contributed by atoms with Crippen molar-refractivity contribution >= 4 is 5.95 Å². The average molecular weight is 379 g/mol. The highest BCUT2D eigenvalue weighted by Gasteiger charge is 2.28. The van der Waals surface area contributed by atoms with E-state index in [4.69, 9.17) is 24.7 Å². The molecule has 7 nitrogen and oxygen atoms in total. The summed E-state index contributed by atoms with van der Waals surface area (Å²) in [6.45, 7) is 0. The lowest BCUT2D eigenvalue weighted by Gasteiger charge is -2.19. The van der Waals surface area contributed by atoms with Crippen molar-refractivity contribution in [1.82, 2.24) is 9.97 Å². The molecule has 0 atom stereocenters. The fraction of sp³-hybridized carbons (Fsp3) is 0.238. The molecule has 144 valence electrons. The molecule has 28 heavy (non-hydrogen) atoms. The second kappa shape index (κ2) is 6.92. The summed E-state index contributed by atoms with van der Waals surface area (Å²) in [5.41, 5.74) is 11.4. The Morgan fingerprint density at radius 1 is 0.857 bits per heavy atom. The lowest BCUT2D eigenvalue weighted by atomic mass is 9.94. The summed E-state index contributed by atoms with van der Waals surface area (Å²) in [5, 5.41) is 0. The van der Waals surface area contributed by atoms with Gasteiger partial charge in [0.25, 0.3) is 0 Å². The number of ether oxygens (including phenoxy) is 4. The molecule has 1 aromatic heterocycles. The third-order valence-corrected chi connectivity index (χ3v) is 4.93. The van der Waals surface area contributed by atoms with Crippen LogP contribution in [0.15, 0.2) is 30.5 Å². The maximum atomic E-state index is 5.89. The number of nitrogen functional groups attached to an aromatic ring is 1. The van der Waals surface area contributed by atoms with Gasteiger partial charge in [-0.1, -0.05) is 0 Å². The third kappa shape index (κ3) is 2.67. The van der Waals surface area contributed by atoms with Gasteiger partial charge < -0.3 is 24.7 Å². The van der Waals surface area contributed by atoms with Crippen molar-refractivity contribution in [3.05, 3.63) is 41.6 Å². The minimum absolute atomic E-state index is 0.223. The van der Waals surface area contributed by atoms with Crippen molar-refractivity contribution < 1.29 is 18.9 Å². The van der Waals surface area contributed by atoms with E-state index in [0.29, 0.717) is 23.7 Å². The monoisotopic (exact) mass is 379 g/mol. The fourth-order valence-electron chi connectivity index (χ4n) is 3.69. The number of rotatable bonds is 4. The molecule has 0 aliphatic heterocycles. The zero-order valence-corrected chi connectivity index (χ0v) is 16.2. The van der Waals surface area contributed by atoms with Crippen LogP contribution in [-0.4, -0.2) is 38.4 Å². The SMILES string of the molecule is COc1ccc2c(c1)-c1nc(N)ncc1Cc1cc(OC)c(OC)c(OC)c1-2. The maximum Gasteiger partial charge on any atom is 0.220 e. The number of aromatic nitrogens is 2. The molecule has 7 heteroatoms. The first-order chi connectivity index (χ1) is 13.6. The fourth-order valence-corrected chi connectivity index (χ4v) is 3.69. The van der Waals surface area contributed by atoms with Gasteiger partial charge in [0.05, 0.1) is 34.1 Å². The second-order valence-corrected chi connectivity index (χ2v) is 6.37. The molecule has 0 amide bonds. The highest BCUT2D eigenvalue weighted by atomic mass is 16.5. The summed E-state index contributed by atoms with van der Waals surface area (Å²) >= 11 is 0. The van der Waals surface area contributed by atoms with Crippen LogP contribution in [0.2, 0.25) is 0 Å². The van der Waals surface area contributed by atoms with E-state index in [2.05, 4.69) is 9.97 Å². The number of fused-ring (bicyclic) bond motifs is 5. The normalized spacial score (nSPS) is 11.6. The van der Waals surface area contributed by atoms with E-state index in [1.165, 1.54) is 0 Å². The molecule has 2 aromatic carbocycles. The molecule has 3 aromatic rings. The van der Waals surface area contributed by atoms with Gasteiger partial charge in [0.2, 0.25) is 11.7 Å². The summed E-state index contributed by atoms with van der Waals surface area (Å²) in [4.78, 5) is 8.71. The van der Waals surface area contributed by atoms with Crippen LogP contribution < -0.4 is 24.7 Å². The largest absolute Gasteiger partial charge is 0.497 e. The number of nitrogens with two attached hydrogens (primary N) is 1. The number of hydrogen-bond acceptors (Lipinski definition) is 7. The Kier molecular flexibility index (Phi) is 4.43. The summed E-state index contributed by atoms with van der Waals surface area (Å²) in [5.74, 6) is 2.71. The Morgan fingerprint density at radius 2 is 1.64 bits per heavy atom. The maximum absolute atomic E-state index is 5.89. The van der Waals surface area contributed by atoms with Crippen molar-refractivity contribution in [3.63, 3.8) is 0 Å². The molecule has 0 bridgehead atoms. The summed E-state index contributed by atoms with van der Waals surface area (Å²) in [6.07, 6.45) is 2.36. The number of anilines is 1. The molecule has 0 fully saturated rings. The number of benzene rings is 2. The number of methoxy groups -OCH3 is 4. The van der Waals surface area contributed by atoms with E-state index in [1.807, 2.05) is 24.3 Å². The topological polar surface area (TPSA) is 88.7 Å². The van der Waals surface area contributed by atoms with Gasteiger partial charge in [0.1, 0.15) is 5.75 Å². The molecule has 0 radical (unpaired) electrons. The van der Waals surface area contributed by atoms with E-state index >= 15 is 0 Å². The molecular weight excluding hydrogens is 358 g/mol. The molecule has 0 saturated heterocycles. The highest BCUT2D eigenvalue weighted by molar-refractivity contribution is 5.92. The van der Waals surface area contributed by atoms with Crippen LogP contribution in [0.25, 0.3) is 22.4 Å². The Morgan fingerprint density at radius 3 is 2.32 bits per heavy atom. The predicted octanol–water partition coefficient (Wildman–Crippen LogP) is 3.33. The van der Waals surface area contributed by atoms with Crippen molar-refractivity contribution in [2.45, 2.75) is 6.42 Å². The van der Waals surface area contributed by atoms with E-state index in [1.54, 1.807) is 34.6 Å². The molecule has 0 spiro atoms. The summed E-state index contributed by atoms with van der Waals surface area (Å²) < 4.78 is 22.4. The third-order valence-electron chi connectivity index (χ3n) is 4.93. The lowest BCUT2D eigenvalue weighted by Crippen LogP contribution is -2.01. The van der Waals surface area contributed by atoms with Gasteiger partial charge in [-0.3, -0.25) is 0 Å². The van der Waals surface area contributed by atoms with Gasteiger partial charge in [-0.05, 0) is 35.4 Å². The average Bonchev–Trinajstić information content (AvgIpc) is 2.86. The van der Waals surface area contributed by atoms with Crippen molar-refractivity contribution in [1.29, 1.82) is 0 Å². The van der Waals surface area contributed by atoms with Crippen LogP contribution in [0, 0.1) is 0 Å². The van der Waals surface area contributed by atoms with E-state index in [-0.39, 0.29) is 5.95 Å². The first kappa shape index (κ1) is 17.9. The van der Waals surface area contributed by atoms with Gasteiger partial charge >= 0.3 is 0 Å². The first-order valence-corrected chi connectivity index (χ1v) is 8.73. The molecule has 1 heterocycles. The van der Waals surface area contributed by atoms with E-state index in [0.717, 1.165) is 39.3 Å². The van der Waals surface area contributed by atoms with Crippen LogP contribution >= 0.6 is 0 Å². The van der Waals surface area contributed by atoms with Crippen molar-refractivity contribution in [3.8, 4) is 45.4 Å². The van der Waals surface area contributed by atoms with Crippen LogP contribution in [-0.2, 0) is 6.42 Å².